The van der Waals surface area contributed by atoms with E-state index in [4.69, 9.17) is 0 Å². The minimum absolute atomic E-state index is 0.0645. The van der Waals surface area contributed by atoms with Crippen molar-refractivity contribution in [1.29, 1.82) is 0 Å². The van der Waals surface area contributed by atoms with Crippen LogP contribution < -0.4 is 10.4 Å². The van der Waals surface area contributed by atoms with Crippen LogP contribution in [-0.4, -0.2) is 16.4 Å². The average Bonchev–Trinajstić information content (AvgIpc) is 2.97. The van der Waals surface area contributed by atoms with Gasteiger partial charge in [-0.05, 0) is 23.6 Å². The molecule has 1 aromatic heterocycles. The van der Waals surface area contributed by atoms with Crippen LogP contribution in [0.2, 0.25) is 0 Å². The van der Waals surface area contributed by atoms with Crippen LogP contribution in [0.3, 0.4) is 0 Å². The maximum absolute atomic E-state index is 11.7. The van der Waals surface area contributed by atoms with Crippen LogP contribution in [-0.2, 0) is 22.7 Å². The van der Waals surface area contributed by atoms with Gasteiger partial charge in [-0.3, -0.25) is 4.79 Å². The maximum atomic E-state index is 11.7. The van der Waals surface area contributed by atoms with E-state index in [1.54, 1.807) is 0 Å². The lowest BCUT2D eigenvalue weighted by Gasteiger charge is -2.05. The molecule has 128 valence electrons. The zero-order chi connectivity index (χ0) is 17.6. The number of fused-ring (bicyclic) bond motifs is 1. The third-order valence-electron chi connectivity index (χ3n) is 4.10. The lowest BCUT2D eigenvalue weighted by molar-refractivity contribution is -0.305. The van der Waals surface area contributed by atoms with Crippen molar-refractivity contribution in [2.24, 2.45) is 0 Å². The Balaban J connectivity index is 1.77. The summed E-state index contributed by atoms with van der Waals surface area (Å²) in [6.07, 6.45) is 1.71. The van der Waals surface area contributed by atoms with E-state index < -0.39 is 5.97 Å². The summed E-state index contributed by atoms with van der Waals surface area (Å²) < 4.78 is 2.16. The third-order valence-corrected chi connectivity index (χ3v) is 4.10. The smallest absolute Gasteiger partial charge is 0.220 e. The number of para-hydroxylation sites is 1. The Hall–Kier alpha value is -3.08. The van der Waals surface area contributed by atoms with Gasteiger partial charge in [0.25, 0.3) is 0 Å². The molecule has 0 aliphatic heterocycles. The topological polar surface area (TPSA) is 74.2 Å². The molecule has 0 saturated heterocycles. The van der Waals surface area contributed by atoms with E-state index in [1.165, 1.54) is 5.56 Å². The molecule has 1 N–H and O–H groups in total. The first-order valence-electron chi connectivity index (χ1n) is 8.20. The molecule has 0 aliphatic carbocycles. The van der Waals surface area contributed by atoms with E-state index in [0.29, 0.717) is 6.54 Å². The molecule has 5 nitrogen and oxygen atoms in total. The fourth-order valence-electron chi connectivity index (χ4n) is 2.87. The number of amides is 1. The number of benzene rings is 2. The molecule has 0 radical (unpaired) electrons. The van der Waals surface area contributed by atoms with Gasteiger partial charge in [0.1, 0.15) is 0 Å². The van der Waals surface area contributed by atoms with Crippen molar-refractivity contribution in [1.82, 2.24) is 9.88 Å². The summed E-state index contributed by atoms with van der Waals surface area (Å²) in [4.78, 5) is 22.2. The Bertz CT molecular complexity index is 884. The number of carboxylic acid groups (broad SMARTS) is 1. The van der Waals surface area contributed by atoms with Crippen LogP contribution in [0.1, 0.15) is 24.0 Å². The second-order valence-electron chi connectivity index (χ2n) is 5.93. The van der Waals surface area contributed by atoms with Crippen molar-refractivity contribution >= 4 is 22.8 Å². The predicted molar refractivity (Wildman–Crippen MR) is 93.6 cm³/mol. The van der Waals surface area contributed by atoms with E-state index in [-0.39, 0.29) is 18.7 Å². The second kappa shape index (κ2) is 7.66. The Morgan fingerprint density at radius 3 is 2.44 bits per heavy atom. The SMILES string of the molecule is O=C([O-])CCC(=O)NCc1cn(Cc2ccccc2)c2ccccc12. The molecule has 0 spiro atoms. The summed E-state index contributed by atoms with van der Waals surface area (Å²) in [6.45, 7) is 1.12. The number of nitrogens with zero attached hydrogens (tertiary/aromatic N) is 1. The van der Waals surface area contributed by atoms with Crippen LogP contribution in [0.15, 0.2) is 60.8 Å². The van der Waals surface area contributed by atoms with Gasteiger partial charge in [-0.2, -0.15) is 0 Å². The standard InChI is InChI=1S/C20H20N2O3/c23-19(10-11-20(24)25)21-12-16-14-22(13-15-6-2-1-3-7-15)18-9-5-4-8-17(16)18/h1-9,14H,10-13H2,(H,21,23)(H,24,25)/p-1. The zero-order valence-electron chi connectivity index (χ0n) is 13.8. The number of carbonyl (C=O) groups is 2. The monoisotopic (exact) mass is 335 g/mol. The van der Waals surface area contributed by atoms with Gasteiger partial charge >= 0.3 is 0 Å². The normalized spacial score (nSPS) is 10.7. The Morgan fingerprint density at radius 2 is 1.68 bits per heavy atom. The number of hydrogen-bond donors (Lipinski definition) is 1. The second-order valence-corrected chi connectivity index (χ2v) is 5.93. The third kappa shape index (κ3) is 4.26. The first kappa shape index (κ1) is 16.8. The van der Waals surface area contributed by atoms with E-state index in [0.717, 1.165) is 23.0 Å². The molecule has 0 bridgehead atoms. The van der Waals surface area contributed by atoms with Gasteiger partial charge in [-0.1, -0.05) is 48.5 Å². The Morgan fingerprint density at radius 1 is 0.960 bits per heavy atom. The predicted octanol–water partition coefficient (Wildman–Crippen LogP) is 1.84. The van der Waals surface area contributed by atoms with Gasteiger partial charge in [0, 0.05) is 42.6 Å². The molecule has 0 saturated carbocycles. The average molecular weight is 335 g/mol. The highest BCUT2D eigenvalue weighted by Gasteiger charge is 2.10. The molecule has 2 aromatic carbocycles. The Kier molecular flexibility index (Phi) is 5.14. The summed E-state index contributed by atoms with van der Waals surface area (Å²) >= 11 is 0. The van der Waals surface area contributed by atoms with Crippen LogP contribution in [0.25, 0.3) is 10.9 Å². The van der Waals surface area contributed by atoms with E-state index in [2.05, 4.69) is 28.1 Å². The van der Waals surface area contributed by atoms with E-state index in [9.17, 15) is 14.7 Å². The van der Waals surface area contributed by atoms with Crippen molar-refractivity contribution in [3.63, 3.8) is 0 Å². The number of carbonyl (C=O) groups excluding carboxylic acids is 2. The minimum Gasteiger partial charge on any atom is -0.550 e. The van der Waals surface area contributed by atoms with Crippen molar-refractivity contribution in [3.8, 4) is 0 Å². The van der Waals surface area contributed by atoms with Gasteiger partial charge in [0.05, 0.1) is 0 Å². The van der Waals surface area contributed by atoms with E-state index in [1.807, 2.05) is 42.6 Å². The highest BCUT2D eigenvalue weighted by molar-refractivity contribution is 5.85. The highest BCUT2D eigenvalue weighted by Crippen LogP contribution is 2.22. The lowest BCUT2D eigenvalue weighted by atomic mass is 10.1. The van der Waals surface area contributed by atoms with Crippen LogP contribution in [0, 0.1) is 0 Å². The largest absolute Gasteiger partial charge is 0.550 e. The molecule has 1 heterocycles. The number of carboxylic acids is 1. The summed E-state index contributed by atoms with van der Waals surface area (Å²) in [6, 6.07) is 18.2. The maximum Gasteiger partial charge on any atom is 0.220 e. The number of rotatable bonds is 7. The van der Waals surface area contributed by atoms with Gasteiger partial charge in [0.2, 0.25) is 5.91 Å². The van der Waals surface area contributed by atoms with Gasteiger partial charge < -0.3 is 19.8 Å². The fraction of sp³-hybridized carbons (Fsp3) is 0.200. The lowest BCUT2D eigenvalue weighted by Crippen LogP contribution is -2.27. The van der Waals surface area contributed by atoms with Gasteiger partial charge in [-0.25, -0.2) is 0 Å². The highest BCUT2D eigenvalue weighted by atomic mass is 16.4. The fourth-order valence-corrected chi connectivity index (χ4v) is 2.87. The number of aromatic nitrogens is 1. The molecular weight excluding hydrogens is 316 g/mol. The van der Waals surface area contributed by atoms with E-state index >= 15 is 0 Å². The van der Waals surface area contributed by atoms with Gasteiger partial charge in [-0.15, -0.1) is 0 Å². The summed E-state index contributed by atoms with van der Waals surface area (Å²) in [5, 5.41) is 14.3. The molecular formula is C20H19N2O3-. The number of nitrogens with one attached hydrogen (secondary N) is 1. The first-order chi connectivity index (χ1) is 12.1. The van der Waals surface area contributed by atoms with Crippen LogP contribution in [0.4, 0.5) is 0 Å². The molecule has 25 heavy (non-hydrogen) atoms. The number of aliphatic carboxylic acids is 1. The van der Waals surface area contributed by atoms with Crippen molar-refractivity contribution in [3.05, 3.63) is 71.9 Å². The molecule has 0 unspecified atom stereocenters. The molecule has 1 amide bonds. The zero-order valence-corrected chi connectivity index (χ0v) is 13.8. The first-order valence-corrected chi connectivity index (χ1v) is 8.20. The molecule has 5 heteroatoms. The Labute approximate surface area is 145 Å². The van der Waals surface area contributed by atoms with Gasteiger partial charge in [0.15, 0.2) is 0 Å². The summed E-state index contributed by atoms with van der Waals surface area (Å²) in [5.74, 6) is -1.50. The summed E-state index contributed by atoms with van der Waals surface area (Å²) in [5.41, 5.74) is 3.31. The molecule has 3 aromatic rings. The van der Waals surface area contributed by atoms with Crippen LogP contribution >= 0.6 is 0 Å². The van der Waals surface area contributed by atoms with Crippen molar-refractivity contribution < 1.29 is 14.7 Å². The molecule has 0 fully saturated rings. The quantitative estimate of drug-likeness (QED) is 0.716. The summed E-state index contributed by atoms with van der Waals surface area (Å²) in [7, 11) is 0. The molecule has 0 aliphatic rings. The number of hydrogen-bond acceptors (Lipinski definition) is 3. The van der Waals surface area contributed by atoms with Crippen LogP contribution in [0.5, 0.6) is 0 Å². The van der Waals surface area contributed by atoms with Crippen molar-refractivity contribution in [2.45, 2.75) is 25.9 Å². The van der Waals surface area contributed by atoms with Crippen molar-refractivity contribution in [2.75, 3.05) is 0 Å². The molecule has 0 atom stereocenters. The molecule has 3 rings (SSSR count). The minimum atomic E-state index is -1.21.